The van der Waals surface area contributed by atoms with Crippen LogP contribution in [0.5, 0.6) is 0 Å². The fraction of sp³-hybridized carbons (Fsp3) is 0.0652. The summed E-state index contributed by atoms with van der Waals surface area (Å²) in [6.45, 7) is 4.68. The molecule has 4 nitrogen and oxygen atoms in total. The molecule has 9 aromatic rings. The van der Waals surface area contributed by atoms with Gasteiger partial charge in [0.15, 0.2) is 11.6 Å². The standard InChI is InChI=1S/C46H32N4/c1-46(2)39-23-12-11-20-35(39)36-26-25-32(28-40(36)46)34-21-13-22-37-38-27-24-29-14-9-10-19-33(29)41(38)50(42(34)37)45-48-43(30-15-5-3-6-16-30)47-44(49-45)31-17-7-4-8-18-31/h3-28H,1-2H3. The Morgan fingerprint density at radius 1 is 0.420 bits per heavy atom. The number of aromatic nitrogens is 4. The van der Waals surface area contributed by atoms with Gasteiger partial charge in [-0.3, -0.25) is 4.57 Å². The molecule has 4 heteroatoms. The van der Waals surface area contributed by atoms with Crippen LogP contribution < -0.4 is 0 Å². The average Bonchev–Trinajstić information content (AvgIpc) is 3.64. The minimum Gasteiger partial charge on any atom is -0.277 e. The van der Waals surface area contributed by atoms with Gasteiger partial charge in [0.2, 0.25) is 5.95 Å². The maximum absolute atomic E-state index is 5.26. The predicted molar refractivity (Wildman–Crippen MR) is 206 cm³/mol. The Kier molecular flexibility index (Phi) is 6.19. The second-order valence-corrected chi connectivity index (χ2v) is 13.7. The minimum atomic E-state index is -0.109. The van der Waals surface area contributed by atoms with Crippen molar-refractivity contribution in [3.8, 4) is 51.0 Å². The second-order valence-electron chi connectivity index (χ2n) is 13.7. The summed E-state index contributed by atoms with van der Waals surface area (Å²) in [7, 11) is 0. The van der Waals surface area contributed by atoms with Crippen LogP contribution in [-0.4, -0.2) is 19.5 Å². The van der Waals surface area contributed by atoms with Gasteiger partial charge >= 0.3 is 0 Å². The number of para-hydroxylation sites is 1. The molecule has 0 unspecified atom stereocenters. The third-order valence-corrected chi connectivity index (χ3v) is 10.5. The molecule has 0 saturated carbocycles. The van der Waals surface area contributed by atoms with Gasteiger partial charge in [0, 0.05) is 38.3 Å². The third-order valence-electron chi connectivity index (χ3n) is 10.5. The van der Waals surface area contributed by atoms with Gasteiger partial charge in [0.25, 0.3) is 0 Å². The smallest absolute Gasteiger partial charge is 0.238 e. The normalized spacial score (nSPS) is 13.2. The Labute approximate surface area is 290 Å². The van der Waals surface area contributed by atoms with Crippen molar-refractivity contribution in [1.29, 1.82) is 0 Å². The molecule has 7 aromatic carbocycles. The van der Waals surface area contributed by atoms with E-state index in [0.29, 0.717) is 17.6 Å². The van der Waals surface area contributed by atoms with Gasteiger partial charge < -0.3 is 0 Å². The number of benzene rings is 7. The van der Waals surface area contributed by atoms with Crippen molar-refractivity contribution in [3.63, 3.8) is 0 Å². The van der Waals surface area contributed by atoms with Crippen LogP contribution in [0.15, 0.2) is 158 Å². The molecule has 1 aliphatic carbocycles. The second kappa shape index (κ2) is 10.8. The summed E-state index contributed by atoms with van der Waals surface area (Å²) in [4.78, 5) is 15.6. The van der Waals surface area contributed by atoms with E-state index in [9.17, 15) is 0 Å². The summed E-state index contributed by atoms with van der Waals surface area (Å²) in [5.41, 5.74) is 11.6. The highest BCUT2D eigenvalue weighted by Crippen LogP contribution is 2.50. The highest BCUT2D eigenvalue weighted by Gasteiger charge is 2.35. The zero-order chi connectivity index (χ0) is 33.4. The fourth-order valence-corrected chi connectivity index (χ4v) is 8.03. The van der Waals surface area contributed by atoms with Crippen LogP contribution in [0.4, 0.5) is 0 Å². The van der Waals surface area contributed by atoms with Crippen LogP contribution in [0.1, 0.15) is 25.0 Å². The van der Waals surface area contributed by atoms with Gasteiger partial charge in [-0.1, -0.05) is 166 Å². The highest BCUT2D eigenvalue weighted by molar-refractivity contribution is 6.20. The Morgan fingerprint density at radius 3 is 1.78 bits per heavy atom. The number of hydrogen-bond acceptors (Lipinski definition) is 3. The molecule has 0 amide bonds. The van der Waals surface area contributed by atoms with Crippen molar-refractivity contribution >= 4 is 32.6 Å². The quantitative estimate of drug-likeness (QED) is 0.192. The van der Waals surface area contributed by atoms with E-state index in [2.05, 4.69) is 140 Å². The maximum atomic E-state index is 5.26. The number of rotatable bonds is 4. The van der Waals surface area contributed by atoms with E-state index in [0.717, 1.165) is 43.9 Å². The number of fused-ring (bicyclic) bond motifs is 8. The van der Waals surface area contributed by atoms with Crippen molar-refractivity contribution in [2.24, 2.45) is 0 Å². The maximum Gasteiger partial charge on any atom is 0.238 e. The summed E-state index contributed by atoms with van der Waals surface area (Å²) < 4.78 is 2.29. The molecule has 0 spiro atoms. The van der Waals surface area contributed by atoms with Crippen molar-refractivity contribution in [1.82, 2.24) is 19.5 Å². The molecular formula is C46H32N4. The highest BCUT2D eigenvalue weighted by atomic mass is 15.2. The predicted octanol–water partition coefficient (Wildman–Crippen LogP) is 11.4. The Hall–Kier alpha value is -6.39. The monoisotopic (exact) mass is 640 g/mol. The minimum absolute atomic E-state index is 0.109. The Balaban J connectivity index is 1.32. The lowest BCUT2D eigenvalue weighted by Gasteiger charge is -2.22. The number of hydrogen-bond donors (Lipinski definition) is 0. The summed E-state index contributed by atoms with van der Waals surface area (Å²) >= 11 is 0. The van der Waals surface area contributed by atoms with Crippen molar-refractivity contribution in [3.05, 3.63) is 169 Å². The van der Waals surface area contributed by atoms with Crippen LogP contribution in [0.3, 0.4) is 0 Å². The lowest BCUT2D eigenvalue weighted by Crippen LogP contribution is -2.14. The molecule has 0 N–H and O–H groups in total. The molecule has 0 bridgehead atoms. The van der Waals surface area contributed by atoms with E-state index in [1.54, 1.807) is 0 Å². The van der Waals surface area contributed by atoms with E-state index >= 15 is 0 Å². The SMILES string of the molecule is CC1(C)c2ccccc2-c2ccc(-c3cccc4c5ccc6ccccc6c5n(-c5nc(-c6ccccc6)nc(-c6ccccc6)n5)c34)cc21. The van der Waals surface area contributed by atoms with E-state index < -0.39 is 0 Å². The van der Waals surface area contributed by atoms with Gasteiger partial charge in [0.05, 0.1) is 11.0 Å². The summed E-state index contributed by atoms with van der Waals surface area (Å²) in [5.74, 6) is 1.87. The summed E-state index contributed by atoms with van der Waals surface area (Å²) in [6, 6.07) is 55.9. The first kappa shape index (κ1) is 28.6. The topological polar surface area (TPSA) is 43.6 Å². The zero-order valence-corrected chi connectivity index (χ0v) is 27.8. The van der Waals surface area contributed by atoms with Crippen LogP contribution in [0.2, 0.25) is 0 Å². The van der Waals surface area contributed by atoms with Crippen molar-refractivity contribution in [2.45, 2.75) is 19.3 Å². The van der Waals surface area contributed by atoms with Gasteiger partial charge in [-0.25, -0.2) is 4.98 Å². The molecule has 236 valence electrons. The van der Waals surface area contributed by atoms with Crippen LogP contribution in [0.25, 0.3) is 83.6 Å². The Bertz CT molecular complexity index is 2720. The molecule has 0 fully saturated rings. The lowest BCUT2D eigenvalue weighted by atomic mass is 9.81. The lowest BCUT2D eigenvalue weighted by molar-refractivity contribution is 0.660. The molecular weight excluding hydrogens is 609 g/mol. The van der Waals surface area contributed by atoms with E-state index in [-0.39, 0.29) is 5.41 Å². The van der Waals surface area contributed by atoms with Gasteiger partial charge in [0.1, 0.15) is 0 Å². The molecule has 0 aliphatic heterocycles. The van der Waals surface area contributed by atoms with Crippen LogP contribution in [-0.2, 0) is 5.41 Å². The van der Waals surface area contributed by atoms with Gasteiger partial charge in [-0.2, -0.15) is 9.97 Å². The fourth-order valence-electron chi connectivity index (χ4n) is 8.03. The molecule has 0 atom stereocenters. The van der Waals surface area contributed by atoms with E-state index in [4.69, 9.17) is 15.0 Å². The molecule has 1 aliphatic rings. The Morgan fingerprint density at radius 2 is 1.02 bits per heavy atom. The van der Waals surface area contributed by atoms with Gasteiger partial charge in [-0.15, -0.1) is 0 Å². The number of nitrogens with zero attached hydrogens (tertiary/aromatic N) is 4. The first-order chi connectivity index (χ1) is 24.6. The molecule has 50 heavy (non-hydrogen) atoms. The molecule has 0 radical (unpaired) electrons. The first-order valence-corrected chi connectivity index (χ1v) is 17.1. The van der Waals surface area contributed by atoms with Gasteiger partial charge in [-0.05, 0) is 39.3 Å². The first-order valence-electron chi connectivity index (χ1n) is 17.1. The van der Waals surface area contributed by atoms with Crippen LogP contribution in [0, 0.1) is 0 Å². The van der Waals surface area contributed by atoms with Crippen LogP contribution >= 0.6 is 0 Å². The zero-order valence-electron chi connectivity index (χ0n) is 27.8. The van der Waals surface area contributed by atoms with E-state index in [1.807, 2.05) is 36.4 Å². The third kappa shape index (κ3) is 4.21. The molecule has 2 aromatic heterocycles. The average molecular weight is 641 g/mol. The molecule has 0 saturated heterocycles. The van der Waals surface area contributed by atoms with Crippen molar-refractivity contribution in [2.75, 3.05) is 0 Å². The summed E-state index contributed by atoms with van der Waals surface area (Å²) in [5, 5.41) is 4.65. The summed E-state index contributed by atoms with van der Waals surface area (Å²) in [6.07, 6.45) is 0. The molecule has 10 rings (SSSR count). The van der Waals surface area contributed by atoms with E-state index in [1.165, 1.54) is 33.2 Å². The molecule has 2 heterocycles. The van der Waals surface area contributed by atoms with Crippen molar-refractivity contribution < 1.29 is 0 Å². The largest absolute Gasteiger partial charge is 0.277 e.